The minimum absolute atomic E-state index is 0.0345. The zero-order chi connectivity index (χ0) is 19.6. The number of ether oxygens (including phenoxy) is 1. The maximum absolute atomic E-state index is 12.1. The van der Waals surface area contributed by atoms with Gasteiger partial charge in [-0.2, -0.15) is 0 Å². The van der Waals surface area contributed by atoms with Crippen LogP contribution in [0.15, 0.2) is 29.3 Å². The van der Waals surface area contributed by atoms with Crippen LogP contribution in [0.4, 0.5) is 0 Å². The SMILES string of the molecule is CCNC(=NCCNC(=O)c1ccc(Cl)cc1)N1CCC(C(=O)OC)CC1. The lowest BCUT2D eigenvalue weighted by atomic mass is 9.97. The molecule has 0 spiro atoms. The normalized spacial score (nSPS) is 15.4. The number of hydrogen-bond acceptors (Lipinski definition) is 4. The van der Waals surface area contributed by atoms with Crippen LogP contribution in [-0.4, -0.2) is 62.6 Å². The maximum atomic E-state index is 12.1. The number of esters is 1. The smallest absolute Gasteiger partial charge is 0.308 e. The summed E-state index contributed by atoms with van der Waals surface area (Å²) in [5, 5.41) is 6.72. The molecule has 8 heteroatoms. The number of piperidine rings is 1. The van der Waals surface area contributed by atoms with Gasteiger partial charge in [-0.3, -0.25) is 14.6 Å². The van der Waals surface area contributed by atoms with E-state index in [0.29, 0.717) is 23.7 Å². The highest BCUT2D eigenvalue weighted by atomic mass is 35.5. The van der Waals surface area contributed by atoms with E-state index in [1.807, 2.05) is 6.92 Å². The van der Waals surface area contributed by atoms with Crippen molar-refractivity contribution in [2.45, 2.75) is 19.8 Å². The van der Waals surface area contributed by atoms with Crippen LogP contribution < -0.4 is 10.6 Å². The van der Waals surface area contributed by atoms with Crippen LogP contribution in [0.1, 0.15) is 30.1 Å². The molecule has 1 saturated heterocycles. The van der Waals surface area contributed by atoms with Crippen LogP contribution in [0, 0.1) is 5.92 Å². The summed E-state index contributed by atoms with van der Waals surface area (Å²) in [7, 11) is 1.43. The van der Waals surface area contributed by atoms with E-state index in [4.69, 9.17) is 16.3 Å². The van der Waals surface area contributed by atoms with Crippen molar-refractivity contribution in [1.29, 1.82) is 0 Å². The lowest BCUT2D eigenvalue weighted by molar-refractivity contribution is -0.146. The molecule has 0 unspecified atom stereocenters. The Labute approximate surface area is 165 Å². The van der Waals surface area contributed by atoms with Gasteiger partial charge in [-0.05, 0) is 44.0 Å². The molecule has 27 heavy (non-hydrogen) atoms. The molecule has 1 heterocycles. The number of hydrogen-bond donors (Lipinski definition) is 2. The number of guanidine groups is 1. The predicted octanol–water partition coefficient (Wildman–Crippen LogP) is 1.92. The van der Waals surface area contributed by atoms with E-state index >= 15 is 0 Å². The van der Waals surface area contributed by atoms with Crippen molar-refractivity contribution >= 4 is 29.4 Å². The van der Waals surface area contributed by atoms with Crippen LogP contribution in [-0.2, 0) is 9.53 Å². The summed E-state index contributed by atoms with van der Waals surface area (Å²) in [6.45, 7) is 5.19. The van der Waals surface area contributed by atoms with Gasteiger partial charge in [0, 0.05) is 36.8 Å². The monoisotopic (exact) mass is 394 g/mol. The first-order valence-electron chi connectivity index (χ1n) is 9.20. The van der Waals surface area contributed by atoms with Gasteiger partial charge >= 0.3 is 5.97 Å². The molecule has 1 fully saturated rings. The number of benzene rings is 1. The topological polar surface area (TPSA) is 83.0 Å². The third kappa shape index (κ3) is 6.43. The number of carbonyl (C=O) groups is 2. The van der Waals surface area contributed by atoms with Gasteiger partial charge in [0.15, 0.2) is 5.96 Å². The van der Waals surface area contributed by atoms with Crippen molar-refractivity contribution in [3.63, 3.8) is 0 Å². The minimum Gasteiger partial charge on any atom is -0.469 e. The Hall–Kier alpha value is -2.28. The Bertz CT molecular complexity index is 655. The standard InChI is InChI=1S/C19H27ClN4O3/c1-3-21-19(24-12-8-15(9-13-24)18(26)27-2)23-11-10-22-17(25)14-4-6-16(20)7-5-14/h4-7,15H,3,8-13H2,1-2H3,(H,21,23)(H,22,25). The largest absolute Gasteiger partial charge is 0.469 e. The van der Waals surface area contributed by atoms with Gasteiger partial charge < -0.3 is 20.3 Å². The summed E-state index contributed by atoms with van der Waals surface area (Å²) in [6, 6.07) is 6.76. The van der Waals surface area contributed by atoms with Crippen LogP contribution in [0.5, 0.6) is 0 Å². The summed E-state index contributed by atoms with van der Waals surface area (Å²) in [6.07, 6.45) is 1.51. The van der Waals surface area contributed by atoms with Crippen molar-refractivity contribution in [2.24, 2.45) is 10.9 Å². The van der Waals surface area contributed by atoms with Crippen LogP contribution in [0.25, 0.3) is 0 Å². The van der Waals surface area contributed by atoms with E-state index < -0.39 is 0 Å². The summed E-state index contributed by atoms with van der Waals surface area (Å²) >= 11 is 5.83. The van der Waals surface area contributed by atoms with E-state index in [1.165, 1.54) is 7.11 Å². The molecule has 148 valence electrons. The number of halogens is 1. The zero-order valence-corrected chi connectivity index (χ0v) is 16.6. The average molecular weight is 395 g/mol. The van der Waals surface area contributed by atoms with Crippen LogP contribution in [0.3, 0.4) is 0 Å². The van der Waals surface area contributed by atoms with E-state index in [-0.39, 0.29) is 17.8 Å². The number of nitrogens with one attached hydrogen (secondary N) is 2. The molecule has 0 radical (unpaired) electrons. The van der Waals surface area contributed by atoms with Gasteiger partial charge in [0.25, 0.3) is 5.91 Å². The van der Waals surface area contributed by atoms with Crippen LogP contribution >= 0.6 is 11.6 Å². The average Bonchev–Trinajstić information content (AvgIpc) is 2.70. The molecule has 0 atom stereocenters. The van der Waals surface area contributed by atoms with Crippen LogP contribution in [0.2, 0.25) is 5.02 Å². The molecule has 0 aliphatic carbocycles. The predicted molar refractivity (Wildman–Crippen MR) is 106 cm³/mol. The van der Waals surface area contributed by atoms with Crippen molar-refractivity contribution in [1.82, 2.24) is 15.5 Å². The lowest BCUT2D eigenvalue weighted by Crippen LogP contribution is -2.47. The number of carbonyl (C=O) groups excluding carboxylic acids is 2. The van der Waals surface area contributed by atoms with Gasteiger partial charge in [-0.25, -0.2) is 0 Å². The summed E-state index contributed by atoms with van der Waals surface area (Å²) in [5.41, 5.74) is 0.570. The number of rotatable bonds is 6. The van der Waals surface area contributed by atoms with Gasteiger partial charge in [0.2, 0.25) is 0 Å². The first-order chi connectivity index (χ1) is 13.0. The van der Waals surface area contributed by atoms with E-state index in [0.717, 1.165) is 38.4 Å². The summed E-state index contributed by atoms with van der Waals surface area (Å²) in [4.78, 5) is 30.5. The molecule has 2 rings (SSSR count). The molecule has 0 bridgehead atoms. The maximum Gasteiger partial charge on any atom is 0.308 e. The third-order valence-electron chi connectivity index (χ3n) is 4.43. The Morgan fingerprint density at radius 2 is 1.89 bits per heavy atom. The molecular formula is C19H27ClN4O3. The Morgan fingerprint density at radius 3 is 2.48 bits per heavy atom. The van der Waals surface area contributed by atoms with Gasteiger partial charge in [0.1, 0.15) is 0 Å². The van der Waals surface area contributed by atoms with Crippen molar-refractivity contribution in [3.8, 4) is 0 Å². The quantitative estimate of drug-likeness (QED) is 0.333. The highest BCUT2D eigenvalue weighted by Gasteiger charge is 2.26. The van der Waals surface area contributed by atoms with Gasteiger partial charge in [-0.15, -0.1) is 0 Å². The number of aliphatic imine (C=N–C) groups is 1. The highest BCUT2D eigenvalue weighted by molar-refractivity contribution is 6.30. The molecule has 2 N–H and O–H groups in total. The molecule has 1 amide bonds. The minimum atomic E-state index is -0.147. The number of nitrogens with zero attached hydrogens (tertiary/aromatic N) is 2. The Kier molecular flexibility index (Phi) is 8.39. The second-order valence-corrected chi connectivity index (χ2v) is 6.72. The fourth-order valence-electron chi connectivity index (χ4n) is 2.95. The fraction of sp³-hybridized carbons (Fsp3) is 0.526. The molecule has 1 aliphatic rings. The number of amides is 1. The van der Waals surface area contributed by atoms with E-state index in [2.05, 4.69) is 20.5 Å². The fourth-order valence-corrected chi connectivity index (χ4v) is 3.08. The molecule has 7 nitrogen and oxygen atoms in total. The molecule has 0 aromatic heterocycles. The summed E-state index contributed by atoms with van der Waals surface area (Å²) in [5.74, 6) is 0.488. The Morgan fingerprint density at radius 1 is 1.22 bits per heavy atom. The second-order valence-electron chi connectivity index (χ2n) is 6.28. The van der Waals surface area contributed by atoms with Crippen molar-refractivity contribution in [3.05, 3.63) is 34.9 Å². The Balaban J connectivity index is 1.82. The van der Waals surface area contributed by atoms with E-state index in [1.54, 1.807) is 24.3 Å². The molecular weight excluding hydrogens is 368 g/mol. The van der Waals surface area contributed by atoms with Crippen molar-refractivity contribution in [2.75, 3.05) is 39.8 Å². The first kappa shape index (κ1) is 21.0. The first-order valence-corrected chi connectivity index (χ1v) is 9.57. The highest BCUT2D eigenvalue weighted by Crippen LogP contribution is 2.18. The van der Waals surface area contributed by atoms with E-state index in [9.17, 15) is 9.59 Å². The molecule has 1 aliphatic heterocycles. The number of likely N-dealkylation sites (tertiary alicyclic amines) is 1. The molecule has 0 saturated carbocycles. The number of methoxy groups -OCH3 is 1. The lowest BCUT2D eigenvalue weighted by Gasteiger charge is -2.33. The summed E-state index contributed by atoms with van der Waals surface area (Å²) < 4.78 is 4.83. The van der Waals surface area contributed by atoms with Gasteiger partial charge in [-0.1, -0.05) is 11.6 Å². The second kappa shape index (κ2) is 10.8. The van der Waals surface area contributed by atoms with Crippen molar-refractivity contribution < 1.29 is 14.3 Å². The molecule has 1 aromatic rings. The third-order valence-corrected chi connectivity index (χ3v) is 4.68. The zero-order valence-electron chi connectivity index (χ0n) is 15.8. The molecule has 1 aromatic carbocycles. The van der Waals surface area contributed by atoms with Gasteiger partial charge in [0.05, 0.1) is 19.6 Å².